The summed E-state index contributed by atoms with van der Waals surface area (Å²) < 4.78 is 166. The van der Waals surface area contributed by atoms with E-state index in [4.69, 9.17) is 4.74 Å². The van der Waals surface area contributed by atoms with Crippen molar-refractivity contribution in [2.24, 2.45) is 11.3 Å². The Morgan fingerprint density at radius 2 is 1.11 bits per heavy atom. The highest BCUT2D eigenvalue weighted by molar-refractivity contribution is 5.79. The highest BCUT2D eigenvalue weighted by Gasteiger charge is 2.74. The zero-order chi connectivity index (χ0) is 30.5. The molecule has 218 valence electrons. The van der Waals surface area contributed by atoms with Crippen molar-refractivity contribution in [1.29, 1.82) is 0 Å². The van der Waals surface area contributed by atoms with Gasteiger partial charge in [-0.1, -0.05) is 19.4 Å². The zero-order valence-electron chi connectivity index (χ0n) is 20.0. The Balaban J connectivity index is 4.14. The summed E-state index contributed by atoms with van der Waals surface area (Å²) in [6.07, 6.45) is -27.2. The van der Waals surface area contributed by atoms with E-state index in [2.05, 4.69) is 6.58 Å². The molecule has 1 unspecified atom stereocenters. The number of carbonyl (C=O) groups is 1. The van der Waals surface area contributed by atoms with E-state index in [1.807, 2.05) is 0 Å². The summed E-state index contributed by atoms with van der Waals surface area (Å²) in [6.45, 7) is 9.00. The van der Waals surface area contributed by atoms with Crippen LogP contribution < -0.4 is 4.74 Å². The maximum atomic E-state index is 13.4. The van der Waals surface area contributed by atoms with Crippen LogP contribution >= 0.6 is 0 Å². The molecule has 0 spiro atoms. The molecule has 0 aliphatic heterocycles. The second kappa shape index (κ2) is 9.92. The first-order valence-electron chi connectivity index (χ1n) is 10.3. The summed E-state index contributed by atoms with van der Waals surface area (Å²) >= 11 is 0. The molecule has 1 aromatic rings. The van der Waals surface area contributed by atoms with Crippen LogP contribution in [0.1, 0.15) is 45.2 Å². The lowest BCUT2D eigenvalue weighted by molar-refractivity contribution is -0.378. The number of hydrogen-bond acceptors (Lipinski definition) is 4. The summed E-state index contributed by atoms with van der Waals surface area (Å²) in [4.78, 5) is 12.8. The van der Waals surface area contributed by atoms with Crippen molar-refractivity contribution >= 4 is 5.97 Å². The molecule has 1 atom stereocenters. The Morgan fingerprint density at radius 3 is 1.34 bits per heavy atom. The quantitative estimate of drug-likeness (QED) is 0.161. The Labute approximate surface area is 207 Å². The van der Waals surface area contributed by atoms with E-state index in [0.717, 1.165) is 0 Å². The molecule has 1 rings (SSSR count). The first-order valence-corrected chi connectivity index (χ1v) is 10.3. The Morgan fingerprint density at radius 1 is 0.789 bits per heavy atom. The monoisotopic (exact) mass is 578 g/mol. The number of esters is 1. The Kier molecular flexibility index (Phi) is 8.75. The summed E-state index contributed by atoms with van der Waals surface area (Å²) in [7, 11) is 0. The number of alkyl halides is 12. The summed E-state index contributed by atoms with van der Waals surface area (Å²) in [6, 6.07) is -1.75. The van der Waals surface area contributed by atoms with Crippen LogP contribution in [0, 0.1) is 11.3 Å². The molecular formula is C22H22F12O4. The smallest absolute Gasteiger partial charge is 0.426 e. The van der Waals surface area contributed by atoms with Gasteiger partial charge < -0.3 is 14.9 Å². The number of carbonyl (C=O) groups excluding carboxylic acids is 1. The van der Waals surface area contributed by atoms with Crippen molar-refractivity contribution in [2.45, 2.75) is 70.0 Å². The second-order valence-corrected chi connectivity index (χ2v) is 9.25. The van der Waals surface area contributed by atoms with E-state index in [1.54, 1.807) is 0 Å². The highest BCUT2D eigenvalue weighted by atomic mass is 19.4. The van der Waals surface area contributed by atoms with E-state index in [-0.39, 0.29) is 6.42 Å². The van der Waals surface area contributed by atoms with Crippen LogP contribution in [0.25, 0.3) is 0 Å². The minimum absolute atomic E-state index is 0.208. The normalized spacial score (nSPS) is 15.9. The molecule has 38 heavy (non-hydrogen) atoms. The van der Waals surface area contributed by atoms with Crippen molar-refractivity contribution < 1.29 is 72.4 Å². The number of allylic oxidation sites excluding steroid dienone is 1. The second-order valence-electron chi connectivity index (χ2n) is 9.25. The topological polar surface area (TPSA) is 66.8 Å². The Bertz CT molecular complexity index is 966. The van der Waals surface area contributed by atoms with Gasteiger partial charge in [-0.25, -0.2) is 0 Å². The summed E-state index contributed by atoms with van der Waals surface area (Å²) in [5.41, 5.74) is -18.7. The molecule has 0 heterocycles. The third-order valence-corrected chi connectivity index (χ3v) is 6.00. The van der Waals surface area contributed by atoms with Crippen molar-refractivity contribution in [1.82, 2.24) is 0 Å². The third kappa shape index (κ3) is 5.75. The number of halogens is 12. The van der Waals surface area contributed by atoms with Crippen LogP contribution in [0.3, 0.4) is 0 Å². The number of benzene rings is 1. The molecule has 0 aromatic heterocycles. The van der Waals surface area contributed by atoms with Gasteiger partial charge in [-0.2, -0.15) is 52.7 Å². The molecule has 4 nitrogen and oxygen atoms in total. The van der Waals surface area contributed by atoms with Crippen LogP contribution in [0.4, 0.5) is 52.7 Å². The van der Waals surface area contributed by atoms with E-state index >= 15 is 0 Å². The first-order chi connectivity index (χ1) is 16.6. The molecule has 0 bridgehead atoms. The molecule has 16 heteroatoms. The predicted octanol–water partition coefficient (Wildman–Crippen LogP) is 6.84. The van der Waals surface area contributed by atoms with E-state index in [9.17, 15) is 67.7 Å². The average molecular weight is 578 g/mol. The van der Waals surface area contributed by atoms with Crippen molar-refractivity contribution in [3.8, 4) is 5.75 Å². The van der Waals surface area contributed by atoms with Crippen LogP contribution in [-0.4, -0.2) is 40.9 Å². The molecule has 0 aliphatic rings. The van der Waals surface area contributed by atoms with E-state index < -0.39 is 88.3 Å². The maximum absolute atomic E-state index is 13.4. The molecule has 0 amide bonds. The van der Waals surface area contributed by atoms with Gasteiger partial charge in [0.1, 0.15) is 5.75 Å². The molecule has 0 saturated carbocycles. The average Bonchev–Trinajstić information content (AvgIpc) is 2.67. The van der Waals surface area contributed by atoms with Gasteiger partial charge in [0.15, 0.2) is 0 Å². The summed E-state index contributed by atoms with van der Waals surface area (Å²) in [5.74, 6) is -3.84. The number of ether oxygens (including phenoxy) is 1. The minimum Gasteiger partial charge on any atom is -0.426 e. The number of hydrogen-bond donors (Lipinski definition) is 2. The predicted molar refractivity (Wildman–Crippen MR) is 106 cm³/mol. The van der Waals surface area contributed by atoms with Gasteiger partial charge in [-0.3, -0.25) is 4.79 Å². The van der Waals surface area contributed by atoms with Gasteiger partial charge in [0.05, 0.1) is 5.41 Å². The van der Waals surface area contributed by atoms with Crippen molar-refractivity contribution in [3.05, 3.63) is 41.5 Å². The first kappa shape index (κ1) is 33.5. The lowest BCUT2D eigenvalue weighted by Crippen LogP contribution is -2.55. The van der Waals surface area contributed by atoms with Gasteiger partial charge in [0.25, 0.3) is 11.2 Å². The summed E-state index contributed by atoms with van der Waals surface area (Å²) in [5, 5.41) is 19.3. The van der Waals surface area contributed by atoms with Gasteiger partial charge in [0, 0.05) is 11.1 Å². The minimum atomic E-state index is -6.74. The molecule has 0 radical (unpaired) electrons. The lowest BCUT2D eigenvalue weighted by atomic mass is 9.74. The fourth-order valence-electron chi connectivity index (χ4n) is 3.41. The largest absolute Gasteiger partial charge is 0.430 e. The maximum Gasteiger partial charge on any atom is 0.430 e. The number of aliphatic hydroxyl groups is 2. The fourth-order valence-corrected chi connectivity index (χ4v) is 3.41. The van der Waals surface area contributed by atoms with E-state index in [0.29, 0.717) is 5.57 Å². The number of rotatable bonds is 7. The van der Waals surface area contributed by atoms with Crippen molar-refractivity contribution in [3.63, 3.8) is 0 Å². The molecule has 0 saturated heterocycles. The molecular weight excluding hydrogens is 556 g/mol. The zero-order valence-corrected chi connectivity index (χ0v) is 20.0. The molecule has 0 aliphatic carbocycles. The van der Waals surface area contributed by atoms with E-state index in [1.165, 1.54) is 27.7 Å². The SMILES string of the molecule is C=C(C)CC(C)(C(=O)Oc1cc(C(O)(C(F)(F)F)C(F)(F)F)cc(C(O)(C(F)(F)F)C(F)(F)F)c1)C(C)C. The van der Waals surface area contributed by atoms with Gasteiger partial charge in [-0.05, 0) is 44.4 Å². The van der Waals surface area contributed by atoms with Crippen LogP contribution in [0.2, 0.25) is 0 Å². The van der Waals surface area contributed by atoms with Gasteiger partial charge in [0.2, 0.25) is 0 Å². The van der Waals surface area contributed by atoms with Gasteiger partial charge in [-0.15, -0.1) is 6.58 Å². The lowest BCUT2D eigenvalue weighted by Gasteiger charge is -2.36. The third-order valence-electron chi connectivity index (χ3n) is 6.00. The molecule has 2 N–H and O–H groups in total. The highest BCUT2D eigenvalue weighted by Crippen LogP contribution is 2.54. The van der Waals surface area contributed by atoms with Crippen LogP contribution in [0.15, 0.2) is 30.4 Å². The molecule has 1 aromatic carbocycles. The standard InChI is InChI=1S/C22H22F12O4/c1-10(2)9-16(5,11(3)4)15(35)38-14-7-12(17(36,19(23,24)25)20(26,27)28)6-13(8-14)18(37,21(29,30)31)22(32,33)34/h6-8,11,36-37H,1,9H2,2-5H3. The van der Waals surface area contributed by atoms with Crippen LogP contribution in [0.5, 0.6) is 5.75 Å². The van der Waals surface area contributed by atoms with Crippen molar-refractivity contribution in [2.75, 3.05) is 0 Å². The molecule has 0 fully saturated rings. The Hall–Kier alpha value is -2.49. The van der Waals surface area contributed by atoms with Crippen LogP contribution in [-0.2, 0) is 16.0 Å². The van der Waals surface area contributed by atoms with Gasteiger partial charge >= 0.3 is 30.7 Å². The fraction of sp³-hybridized carbons (Fsp3) is 0.591.